The topological polar surface area (TPSA) is 120 Å². The predicted molar refractivity (Wildman–Crippen MR) is 95.5 cm³/mol. The molecule has 2 fully saturated rings. The minimum atomic E-state index is -1.35. The molecule has 1 aliphatic heterocycles. The quantitative estimate of drug-likeness (QED) is 0.438. The third kappa shape index (κ3) is 4.28. The van der Waals surface area contributed by atoms with Gasteiger partial charge in [0.05, 0.1) is 0 Å². The molecule has 1 aliphatic carbocycles. The molecular formula is C19H25N3O6. The van der Waals surface area contributed by atoms with E-state index in [2.05, 4.69) is 10.1 Å². The number of amides is 1. The van der Waals surface area contributed by atoms with E-state index in [1.165, 1.54) is 4.90 Å². The molecule has 1 saturated heterocycles. The van der Waals surface area contributed by atoms with E-state index in [0.29, 0.717) is 25.8 Å². The molecule has 152 valence electrons. The number of ketones is 3. The van der Waals surface area contributed by atoms with Crippen molar-refractivity contribution in [2.75, 3.05) is 6.54 Å². The Labute approximate surface area is 162 Å². The molecule has 9 heteroatoms. The van der Waals surface area contributed by atoms with Gasteiger partial charge in [-0.1, -0.05) is 5.16 Å². The van der Waals surface area contributed by atoms with Crippen LogP contribution in [0, 0.1) is 5.92 Å². The summed E-state index contributed by atoms with van der Waals surface area (Å²) in [5.41, 5.74) is -0.638. The van der Waals surface area contributed by atoms with Crippen LogP contribution in [-0.2, 0) is 14.3 Å². The van der Waals surface area contributed by atoms with Gasteiger partial charge in [0.2, 0.25) is 17.5 Å². The molecule has 0 N–H and O–H groups in total. The molecular weight excluding hydrogens is 366 g/mol. The van der Waals surface area contributed by atoms with Crippen molar-refractivity contribution >= 4 is 23.4 Å². The van der Waals surface area contributed by atoms with Gasteiger partial charge in [-0.15, -0.1) is 0 Å². The zero-order chi connectivity index (χ0) is 20.5. The summed E-state index contributed by atoms with van der Waals surface area (Å²) in [5, 5.41) is 3.68. The average molecular weight is 391 g/mol. The van der Waals surface area contributed by atoms with Gasteiger partial charge in [0.1, 0.15) is 17.6 Å². The standard InChI is InChI=1S/C19H25N3O6/c1-19(2,3)27-18(26)22-10-6-7-11(22)17-20-16(21-28-17)15(25)14-12(23)8-4-5-9-13(14)24/h11,14H,4-10H2,1-3H3/t11-/m0/s1. The molecule has 3 rings (SSSR count). The maximum absolute atomic E-state index is 12.7. The lowest BCUT2D eigenvalue weighted by molar-refractivity contribution is -0.129. The van der Waals surface area contributed by atoms with Crippen molar-refractivity contribution in [1.29, 1.82) is 0 Å². The van der Waals surface area contributed by atoms with Crippen molar-refractivity contribution in [3.63, 3.8) is 0 Å². The molecule has 1 amide bonds. The SMILES string of the molecule is CC(C)(C)OC(=O)N1CCC[C@H]1c1nc(C(=O)C2C(=O)CCCCC2=O)no1. The van der Waals surface area contributed by atoms with Crippen LogP contribution in [0.4, 0.5) is 4.79 Å². The lowest BCUT2D eigenvalue weighted by Gasteiger charge is -2.26. The third-order valence-corrected chi connectivity index (χ3v) is 4.83. The molecule has 2 heterocycles. The Balaban J connectivity index is 1.77. The average Bonchev–Trinajstić information content (AvgIpc) is 3.22. The highest BCUT2D eigenvalue weighted by atomic mass is 16.6. The summed E-state index contributed by atoms with van der Waals surface area (Å²) in [4.78, 5) is 55.1. The van der Waals surface area contributed by atoms with Gasteiger partial charge in [-0.05, 0) is 46.5 Å². The van der Waals surface area contributed by atoms with E-state index in [9.17, 15) is 19.2 Å². The second-order valence-electron chi connectivity index (χ2n) is 8.22. The van der Waals surface area contributed by atoms with Crippen LogP contribution < -0.4 is 0 Å². The van der Waals surface area contributed by atoms with Gasteiger partial charge in [-0.3, -0.25) is 19.3 Å². The van der Waals surface area contributed by atoms with E-state index in [0.717, 1.165) is 6.42 Å². The fraction of sp³-hybridized carbons (Fsp3) is 0.684. The van der Waals surface area contributed by atoms with Crippen molar-refractivity contribution in [3.05, 3.63) is 11.7 Å². The minimum Gasteiger partial charge on any atom is -0.444 e. The Hall–Kier alpha value is -2.58. The summed E-state index contributed by atoms with van der Waals surface area (Å²) < 4.78 is 10.6. The molecule has 0 aromatic carbocycles. The van der Waals surface area contributed by atoms with Crippen LogP contribution in [0.1, 0.15) is 81.8 Å². The van der Waals surface area contributed by atoms with Crippen molar-refractivity contribution < 1.29 is 28.4 Å². The Morgan fingerprint density at radius 1 is 1.11 bits per heavy atom. The number of nitrogens with zero attached hydrogens (tertiary/aromatic N) is 3. The number of ether oxygens (including phenoxy) is 1. The Morgan fingerprint density at radius 3 is 2.36 bits per heavy atom. The lowest BCUT2D eigenvalue weighted by atomic mass is 9.92. The first-order chi connectivity index (χ1) is 13.2. The maximum Gasteiger partial charge on any atom is 0.410 e. The molecule has 0 bridgehead atoms. The number of hydrogen-bond acceptors (Lipinski definition) is 8. The number of aromatic nitrogens is 2. The number of carbonyl (C=O) groups excluding carboxylic acids is 4. The number of carbonyl (C=O) groups is 4. The lowest BCUT2D eigenvalue weighted by Crippen LogP contribution is -2.36. The third-order valence-electron chi connectivity index (χ3n) is 4.83. The summed E-state index contributed by atoms with van der Waals surface area (Å²) in [6.45, 7) is 5.81. The summed E-state index contributed by atoms with van der Waals surface area (Å²) >= 11 is 0. The molecule has 28 heavy (non-hydrogen) atoms. The second kappa shape index (κ2) is 7.81. The molecule has 1 atom stereocenters. The van der Waals surface area contributed by atoms with Gasteiger partial charge in [-0.2, -0.15) is 4.98 Å². The summed E-state index contributed by atoms with van der Waals surface area (Å²) in [5.74, 6) is -3.04. The van der Waals surface area contributed by atoms with Gasteiger partial charge in [0, 0.05) is 19.4 Å². The van der Waals surface area contributed by atoms with Crippen molar-refractivity contribution in [2.24, 2.45) is 5.92 Å². The number of hydrogen-bond donors (Lipinski definition) is 0. The predicted octanol–water partition coefficient (Wildman–Crippen LogP) is 2.65. The first-order valence-corrected chi connectivity index (χ1v) is 9.60. The minimum absolute atomic E-state index is 0.111. The Morgan fingerprint density at radius 2 is 1.75 bits per heavy atom. The molecule has 9 nitrogen and oxygen atoms in total. The number of rotatable bonds is 3. The molecule has 2 aliphatic rings. The summed E-state index contributed by atoms with van der Waals surface area (Å²) in [6.07, 6.45) is 2.42. The first kappa shape index (κ1) is 20.2. The number of Topliss-reactive ketones (excluding diaryl/α,β-unsaturated/α-hetero) is 3. The monoisotopic (exact) mass is 391 g/mol. The van der Waals surface area contributed by atoms with Crippen LogP contribution in [-0.4, -0.2) is 50.6 Å². The van der Waals surface area contributed by atoms with E-state index in [-0.39, 0.29) is 24.6 Å². The highest BCUT2D eigenvalue weighted by Gasteiger charge is 2.40. The second-order valence-corrected chi connectivity index (χ2v) is 8.22. The van der Waals surface area contributed by atoms with Crippen LogP contribution in [0.3, 0.4) is 0 Å². The smallest absolute Gasteiger partial charge is 0.410 e. The van der Waals surface area contributed by atoms with Gasteiger partial charge in [-0.25, -0.2) is 4.79 Å². The van der Waals surface area contributed by atoms with Crippen molar-refractivity contribution in [1.82, 2.24) is 15.0 Å². The molecule has 1 aromatic rings. The van der Waals surface area contributed by atoms with Gasteiger partial charge < -0.3 is 9.26 Å². The maximum atomic E-state index is 12.7. The van der Waals surface area contributed by atoms with Crippen LogP contribution in [0.5, 0.6) is 0 Å². The zero-order valence-corrected chi connectivity index (χ0v) is 16.4. The molecule has 1 saturated carbocycles. The van der Waals surface area contributed by atoms with E-state index in [1.54, 1.807) is 20.8 Å². The van der Waals surface area contributed by atoms with Crippen molar-refractivity contribution in [2.45, 2.75) is 70.9 Å². The molecule has 1 aromatic heterocycles. The zero-order valence-electron chi connectivity index (χ0n) is 16.4. The van der Waals surface area contributed by atoms with Crippen LogP contribution in [0.15, 0.2) is 4.52 Å². The fourth-order valence-electron chi connectivity index (χ4n) is 3.52. The first-order valence-electron chi connectivity index (χ1n) is 9.60. The molecule has 0 radical (unpaired) electrons. The Bertz CT molecular complexity index is 776. The van der Waals surface area contributed by atoms with Crippen molar-refractivity contribution in [3.8, 4) is 0 Å². The van der Waals surface area contributed by atoms with E-state index in [1.807, 2.05) is 0 Å². The fourth-order valence-corrected chi connectivity index (χ4v) is 3.52. The number of likely N-dealkylation sites (tertiary alicyclic amines) is 1. The van der Waals surface area contributed by atoms with Crippen LogP contribution in [0.2, 0.25) is 0 Å². The van der Waals surface area contributed by atoms with Gasteiger partial charge in [0.25, 0.3) is 0 Å². The van der Waals surface area contributed by atoms with E-state index in [4.69, 9.17) is 9.26 Å². The highest BCUT2D eigenvalue weighted by molar-refractivity contribution is 6.23. The largest absolute Gasteiger partial charge is 0.444 e. The van der Waals surface area contributed by atoms with Gasteiger partial charge in [0.15, 0.2) is 11.6 Å². The summed E-state index contributed by atoms with van der Waals surface area (Å²) in [7, 11) is 0. The highest BCUT2D eigenvalue weighted by Crippen LogP contribution is 2.32. The van der Waals surface area contributed by atoms with Crippen LogP contribution >= 0.6 is 0 Å². The molecule has 0 spiro atoms. The van der Waals surface area contributed by atoms with Crippen LogP contribution in [0.25, 0.3) is 0 Å². The normalized spacial score (nSPS) is 21.7. The summed E-state index contributed by atoms with van der Waals surface area (Å²) in [6, 6.07) is -0.496. The van der Waals surface area contributed by atoms with E-state index < -0.39 is 41.0 Å². The molecule has 0 unspecified atom stereocenters. The Kier molecular flexibility index (Phi) is 5.62. The van der Waals surface area contributed by atoms with E-state index >= 15 is 0 Å². The van der Waals surface area contributed by atoms with Gasteiger partial charge >= 0.3 is 6.09 Å².